The molecule has 0 N–H and O–H groups in total. The van der Waals surface area contributed by atoms with Crippen molar-refractivity contribution in [2.45, 2.75) is 187 Å². The summed E-state index contributed by atoms with van der Waals surface area (Å²) in [6.45, 7) is 2.31. The van der Waals surface area contributed by atoms with Crippen molar-refractivity contribution in [1.29, 1.82) is 0 Å². The first-order valence-electron chi connectivity index (χ1n) is 16.4. The highest BCUT2D eigenvalue weighted by Crippen LogP contribution is 2.16. The van der Waals surface area contributed by atoms with Gasteiger partial charge in [0.2, 0.25) is 0 Å². The minimum absolute atomic E-state index is 1.24. The monoisotopic (exact) mass is 483 g/mol. The van der Waals surface area contributed by atoms with Gasteiger partial charge in [-0.3, -0.25) is 0 Å². The van der Waals surface area contributed by atoms with Gasteiger partial charge in [-0.2, -0.15) is 0 Å². The smallest absolute Gasteiger partial charge is 0.0184 e. The lowest BCUT2D eigenvalue weighted by atomic mass is 10.0. The van der Waals surface area contributed by atoms with E-state index in [1.807, 2.05) is 12.1 Å². The molecule has 1 aromatic carbocycles. The first kappa shape index (κ1) is 32.2. The standard InChI is InChI=1S/C35H63/c1-2-3-4-5-6-7-8-9-10-11-12-13-14-15-16-17-18-19-20-21-22-23-24-25-26-27-29-32-35-33-30-28-31-34-35/h30-31,33-34H,2-27,29,32H2,1H3. The topological polar surface area (TPSA) is 0 Å². The summed E-state index contributed by atoms with van der Waals surface area (Å²) in [5, 5.41) is 0. The Morgan fingerprint density at radius 2 is 0.629 bits per heavy atom. The number of unbranched alkanes of at least 4 members (excludes halogenated alkanes) is 26. The Morgan fingerprint density at radius 1 is 0.371 bits per heavy atom. The molecule has 0 aliphatic rings. The fourth-order valence-electron chi connectivity index (χ4n) is 5.41. The first-order chi connectivity index (χ1) is 17.4. The van der Waals surface area contributed by atoms with E-state index in [0.29, 0.717) is 0 Å². The van der Waals surface area contributed by atoms with Gasteiger partial charge < -0.3 is 0 Å². The summed E-state index contributed by atoms with van der Waals surface area (Å²) in [7, 11) is 0. The predicted molar refractivity (Wildman–Crippen MR) is 159 cm³/mol. The van der Waals surface area contributed by atoms with Crippen LogP contribution in [0.4, 0.5) is 0 Å². The Morgan fingerprint density at radius 3 is 0.914 bits per heavy atom. The van der Waals surface area contributed by atoms with Gasteiger partial charge >= 0.3 is 0 Å². The van der Waals surface area contributed by atoms with Crippen LogP contribution in [0.5, 0.6) is 0 Å². The van der Waals surface area contributed by atoms with E-state index >= 15 is 0 Å². The average molecular weight is 484 g/mol. The van der Waals surface area contributed by atoms with Crippen molar-refractivity contribution in [3.05, 3.63) is 35.9 Å². The second-order valence-electron chi connectivity index (χ2n) is 11.4. The predicted octanol–water partition coefficient (Wildman–Crippen LogP) is 12.6. The van der Waals surface area contributed by atoms with Gasteiger partial charge in [0.15, 0.2) is 0 Å². The summed E-state index contributed by atoms with van der Waals surface area (Å²) >= 11 is 0. The fourth-order valence-corrected chi connectivity index (χ4v) is 5.41. The van der Waals surface area contributed by atoms with Crippen LogP contribution in [0.1, 0.15) is 186 Å². The van der Waals surface area contributed by atoms with Crippen molar-refractivity contribution in [2.75, 3.05) is 0 Å². The van der Waals surface area contributed by atoms with Crippen molar-refractivity contribution in [2.24, 2.45) is 0 Å². The minimum atomic E-state index is 1.24. The molecule has 0 heteroatoms. The lowest BCUT2D eigenvalue weighted by Crippen LogP contribution is -1.86. The lowest BCUT2D eigenvalue weighted by Gasteiger charge is -2.04. The largest absolute Gasteiger partial charge is 0.0654 e. The van der Waals surface area contributed by atoms with Crippen LogP contribution in [0.3, 0.4) is 0 Å². The molecule has 0 aliphatic heterocycles. The zero-order valence-electron chi connectivity index (χ0n) is 24.1. The van der Waals surface area contributed by atoms with E-state index in [1.165, 1.54) is 185 Å². The van der Waals surface area contributed by atoms with Gasteiger partial charge in [0.1, 0.15) is 0 Å². The van der Waals surface area contributed by atoms with Crippen LogP contribution >= 0.6 is 0 Å². The van der Waals surface area contributed by atoms with E-state index in [1.54, 1.807) is 0 Å². The SMILES string of the molecule is CCCCCCCCCCCCCCCCCCCCCCCCCCCCCc1cc[c]cc1. The zero-order chi connectivity index (χ0) is 24.9. The van der Waals surface area contributed by atoms with Gasteiger partial charge in [-0.1, -0.05) is 198 Å². The molecule has 1 rings (SSSR count). The summed E-state index contributed by atoms with van der Waals surface area (Å²) in [6.07, 6.45) is 40.8. The molecule has 0 saturated heterocycles. The van der Waals surface area contributed by atoms with Crippen LogP contribution in [0.2, 0.25) is 0 Å². The maximum absolute atomic E-state index is 3.10. The van der Waals surface area contributed by atoms with Crippen molar-refractivity contribution in [3.63, 3.8) is 0 Å². The Labute approximate surface area is 222 Å². The maximum Gasteiger partial charge on any atom is -0.0184 e. The molecule has 0 bridgehead atoms. The molecule has 0 atom stereocenters. The van der Waals surface area contributed by atoms with Gasteiger partial charge in [-0.15, -0.1) is 0 Å². The number of hydrogen-bond acceptors (Lipinski definition) is 0. The first-order valence-corrected chi connectivity index (χ1v) is 16.4. The molecule has 0 nitrogen and oxygen atoms in total. The van der Waals surface area contributed by atoms with Crippen molar-refractivity contribution < 1.29 is 0 Å². The van der Waals surface area contributed by atoms with Crippen molar-refractivity contribution in [1.82, 2.24) is 0 Å². The third-order valence-electron chi connectivity index (χ3n) is 7.86. The van der Waals surface area contributed by atoms with Crippen molar-refractivity contribution >= 4 is 0 Å². The maximum atomic E-state index is 3.10. The van der Waals surface area contributed by atoms with Crippen LogP contribution in [0.15, 0.2) is 24.3 Å². The molecule has 0 heterocycles. The second kappa shape index (κ2) is 27.8. The normalized spacial score (nSPS) is 11.3. The summed E-state index contributed by atoms with van der Waals surface area (Å²) < 4.78 is 0. The quantitative estimate of drug-likeness (QED) is 0.104. The number of hydrogen-bond donors (Lipinski definition) is 0. The van der Waals surface area contributed by atoms with Crippen LogP contribution in [-0.4, -0.2) is 0 Å². The molecule has 0 unspecified atom stereocenters. The highest BCUT2D eigenvalue weighted by Gasteiger charge is 1.97. The van der Waals surface area contributed by atoms with Crippen LogP contribution in [-0.2, 0) is 6.42 Å². The average Bonchev–Trinajstić information content (AvgIpc) is 2.89. The van der Waals surface area contributed by atoms with E-state index in [2.05, 4.69) is 25.1 Å². The number of rotatable bonds is 28. The number of aryl methyl sites for hydroxylation is 1. The van der Waals surface area contributed by atoms with E-state index in [0.717, 1.165) is 0 Å². The lowest BCUT2D eigenvalue weighted by molar-refractivity contribution is 0.514. The van der Waals surface area contributed by atoms with Crippen LogP contribution < -0.4 is 0 Å². The molecule has 0 spiro atoms. The highest BCUT2D eigenvalue weighted by molar-refractivity contribution is 5.13. The van der Waals surface area contributed by atoms with Gasteiger partial charge in [0.05, 0.1) is 0 Å². The third-order valence-corrected chi connectivity index (χ3v) is 7.86. The van der Waals surface area contributed by atoms with Gasteiger partial charge in [0, 0.05) is 0 Å². The molecule has 0 saturated carbocycles. The zero-order valence-corrected chi connectivity index (χ0v) is 24.1. The Hall–Kier alpha value is -0.780. The van der Waals surface area contributed by atoms with Gasteiger partial charge in [0.25, 0.3) is 0 Å². The Bertz CT molecular complexity index is 490. The summed E-state index contributed by atoms with van der Waals surface area (Å²) in [4.78, 5) is 0. The molecule has 1 aromatic rings. The Balaban J connectivity index is 1.63. The van der Waals surface area contributed by atoms with E-state index in [9.17, 15) is 0 Å². The van der Waals surface area contributed by atoms with Crippen LogP contribution in [0, 0.1) is 6.07 Å². The second-order valence-corrected chi connectivity index (χ2v) is 11.4. The van der Waals surface area contributed by atoms with Crippen molar-refractivity contribution in [3.8, 4) is 0 Å². The third kappa shape index (κ3) is 24.7. The molecule has 0 aromatic heterocycles. The minimum Gasteiger partial charge on any atom is -0.0654 e. The van der Waals surface area contributed by atoms with Crippen LogP contribution in [0.25, 0.3) is 0 Å². The highest BCUT2D eigenvalue weighted by atomic mass is 14.0. The summed E-state index contributed by atoms with van der Waals surface area (Å²) in [6, 6.07) is 11.6. The summed E-state index contributed by atoms with van der Waals surface area (Å²) in [5.41, 5.74) is 1.48. The van der Waals surface area contributed by atoms with Gasteiger partial charge in [-0.05, 0) is 24.5 Å². The molecule has 0 fully saturated rings. The summed E-state index contributed by atoms with van der Waals surface area (Å²) in [5.74, 6) is 0. The molecule has 1 radical (unpaired) electrons. The molecule has 0 amide bonds. The van der Waals surface area contributed by atoms with E-state index < -0.39 is 0 Å². The number of benzene rings is 1. The molecule has 0 aliphatic carbocycles. The van der Waals surface area contributed by atoms with Gasteiger partial charge in [-0.25, -0.2) is 0 Å². The molecular weight excluding hydrogens is 420 g/mol. The molecule has 203 valence electrons. The van der Waals surface area contributed by atoms with E-state index in [4.69, 9.17) is 0 Å². The Kier molecular flexibility index (Phi) is 25.6. The van der Waals surface area contributed by atoms with E-state index in [-0.39, 0.29) is 0 Å². The molecule has 35 heavy (non-hydrogen) atoms. The molecular formula is C35H63. The fraction of sp³-hybridized carbons (Fsp3) is 0.829.